The molecule has 6 heteroatoms. The molecule has 3 N–H and O–H groups in total. The number of halogens is 2. The van der Waals surface area contributed by atoms with Gasteiger partial charge in [0.05, 0.1) is 0 Å². The lowest BCUT2D eigenvalue weighted by molar-refractivity contribution is 0.0946. The van der Waals surface area contributed by atoms with Crippen LogP contribution in [0, 0.1) is 0 Å². The normalized spacial score (nSPS) is 9.36. The Labute approximate surface area is 97.4 Å². The summed E-state index contributed by atoms with van der Waals surface area (Å²) in [6.45, 7) is 0.957. The highest BCUT2D eigenvalue weighted by Gasteiger charge is 2.09. The molecule has 0 aliphatic rings. The van der Waals surface area contributed by atoms with Gasteiger partial charge in [-0.3, -0.25) is 4.79 Å². The van der Waals surface area contributed by atoms with Gasteiger partial charge < -0.3 is 15.6 Å². The highest BCUT2D eigenvalue weighted by Crippen LogP contribution is 2.13. The molecule has 0 aromatic carbocycles. The van der Waals surface area contributed by atoms with Crippen molar-refractivity contribution in [3.8, 4) is 0 Å². The van der Waals surface area contributed by atoms with E-state index in [2.05, 4.69) is 21.2 Å². The smallest absolute Gasteiger partial charge is 0.267 e. The number of amides is 1. The van der Waals surface area contributed by atoms with Gasteiger partial charge in [0.1, 0.15) is 5.69 Å². The maximum Gasteiger partial charge on any atom is 0.267 e. The molecule has 1 amide bonds. The monoisotopic (exact) mass is 281 g/mol. The molecule has 80 valence electrons. The number of nitrogens with one attached hydrogen (secondary N) is 1. The second kappa shape index (κ2) is 6.06. The average Bonchev–Trinajstić information content (AvgIpc) is 2.41. The van der Waals surface area contributed by atoms with Crippen molar-refractivity contribution in [2.24, 2.45) is 12.8 Å². The first-order chi connectivity index (χ1) is 6.15. The van der Waals surface area contributed by atoms with Gasteiger partial charge in [-0.1, -0.05) is 0 Å². The first kappa shape index (κ1) is 13.5. The fraction of sp³-hybridized carbons (Fsp3) is 0.375. The second-order valence-corrected chi connectivity index (χ2v) is 3.61. The van der Waals surface area contributed by atoms with Crippen molar-refractivity contribution in [2.75, 3.05) is 13.1 Å². The Balaban J connectivity index is 0.00000169. The first-order valence-electron chi connectivity index (χ1n) is 3.95. The molecule has 1 aromatic rings. The Morgan fingerprint density at radius 1 is 1.71 bits per heavy atom. The predicted octanol–water partition coefficient (Wildman–Crippen LogP) is 0.898. The number of nitrogens with two attached hydrogens (primary N) is 1. The van der Waals surface area contributed by atoms with Gasteiger partial charge in [-0.25, -0.2) is 0 Å². The Morgan fingerprint density at radius 3 is 2.79 bits per heavy atom. The fourth-order valence-electron chi connectivity index (χ4n) is 1.03. The van der Waals surface area contributed by atoms with E-state index >= 15 is 0 Å². The van der Waals surface area contributed by atoms with Gasteiger partial charge in [-0.2, -0.15) is 0 Å². The van der Waals surface area contributed by atoms with E-state index < -0.39 is 0 Å². The SMILES string of the molecule is Cl.Cn1cc(Br)cc1C(=O)NCCN. The highest BCUT2D eigenvalue weighted by atomic mass is 79.9. The topological polar surface area (TPSA) is 60.0 Å². The van der Waals surface area contributed by atoms with E-state index in [-0.39, 0.29) is 18.3 Å². The molecule has 0 saturated carbocycles. The molecule has 0 spiro atoms. The van der Waals surface area contributed by atoms with Crippen LogP contribution < -0.4 is 11.1 Å². The number of carbonyl (C=O) groups excluding carboxylic acids is 1. The van der Waals surface area contributed by atoms with Crippen LogP contribution >= 0.6 is 28.3 Å². The van der Waals surface area contributed by atoms with E-state index in [1.54, 1.807) is 10.6 Å². The van der Waals surface area contributed by atoms with E-state index in [1.807, 2.05) is 13.2 Å². The Morgan fingerprint density at radius 2 is 2.36 bits per heavy atom. The van der Waals surface area contributed by atoms with E-state index in [9.17, 15) is 4.79 Å². The number of aromatic nitrogens is 1. The van der Waals surface area contributed by atoms with Gasteiger partial charge in [0.15, 0.2) is 0 Å². The minimum atomic E-state index is -0.0985. The van der Waals surface area contributed by atoms with Crippen LogP contribution in [0.3, 0.4) is 0 Å². The van der Waals surface area contributed by atoms with E-state index in [0.717, 1.165) is 4.47 Å². The van der Waals surface area contributed by atoms with E-state index in [0.29, 0.717) is 18.8 Å². The molecule has 14 heavy (non-hydrogen) atoms. The minimum absolute atomic E-state index is 0. The molecule has 0 unspecified atom stereocenters. The third-order valence-corrected chi connectivity index (χ3v) is 2.07. The minimum Gasteiger partial charge on any atom is -0.349 e. The molecule has 0 aliphatic heterocycles. The molecular formula is C8H13BrClN3O. The van der Waals surface area contributed by atoms with Crippen LogP contribution in [0.5, 0.6) is 0 Å². The Hall–Kier alpha value is -0.520. The predicted molar refractivity (Wildman–Crippen MR) is 61.7 cm³/mol. The Bertz CT molecular complexity index is 314. The maximum atomic E-state index is 11.4. The third-order valence-electron chi connectivity index (χ3n) is 1.63. The Kier molecular flexibility index (Phi) is 5.83. The first-order valence-corrected chi connectivity index (χ1v) is 4.74. The molecule has 0 bridgehead atoms. The van der Waals surface area contributed by atoms with Crippen molar-refractivity contribution >= 4 is 34.2 Å². The van der Waals surface area contributed by atoms with Gasteiger partial charge in [0.25, 0.3) is 5.91 Å². The summed E-state index contributed by atoms with van der Waals surface area (Å²) in [5, 5.41) is 2.70. The van der Waals surface area contributed by atoms with Gasteiger partial charge in [0, 0.05) is 30.8 Å². The molecule has 0 aliphatic carbocycles. The van der Waals surface area contributed by atoms with Crippen LogP contribution in [0.2, 0.25) is 0 Å². The van der Waals surface area contributed by atoms with Crippen molar-refractivity contribution in [2.45, 2.75) is 0 Å². The quantitative estimate of drug-likeness (QED) is 0.865. The molecule has 1 rings (SSSR count). The average molecular weight is 283 g/mol. The number of nitrogens with zero attached hydrogens (tertiary/aromatic N) is 1. The molecule has 0 atom stereocenters. The summed E-state index contributed by atoms with van der Waals surface area (Å²) in [6.07, 6.45) is 1.83. The van der Waals surface area contributed by atoms with Crippen LogP contribution in [0.1, 0.15) is 10.5 Å². The van der Waals surface area contributed by atoms with Crippen LogP contribution in [0.4, 0.5) is 0 Å². The number of carbonyl (C=O) groups is 1. The van der Waals surface area contributed by atoms with Crippen molar-refractivity contribution in [3.05, 3.63) is 22.4 Å². The lowest BCUT2D eigenvalue weighted by atomic mass is 10.4. The maximum absolute atomic E-state index is 11.4. The lowest BCUT2D eigenvalue weighted by Gasteiger charge is -2.03. The van der Waals surface area contributed by atoms with Gasteiger partial charge in [0.2, 0.25) is 0 Å². The summed E-state index contributed by atoms with van der Waals surface area (Å²) in [4.78, 5) is 11.4. The number of hydrogen-bond acceptors (Lipinski definition) is 2. The summed E-state index contributed by atoms with van der Waals surface area (Å²) >= 11 is 3.29. The second-order valence-electron chi connectivity index (χ2n) is 2.70. The summed E-state index contributed by atoms with van der Waals surface area (Å²) in [5.74, 6) is -0.0985. The fourth-order valence-corrected chi connectivity index (χ4v) is 1.55. The van der Waals surface area contributed by atoms with Crippen LogP contribution in [0.15, 0.2) is 16.7 Å². The van der Waals surface area contributed by atoms with E-state index in [4.69, 9.17) is 5.73 Å². The number of hydrogen-bond donors (Lipinski definition) is 2. The van der Waals surface area contributed by atoms with Crippen LogP contribution in [-0.4, -0.2) is 23.6 Å². The lowest BCUT2D eigenvalue weighted by Crippen LogP contribution is -2.30. The van der Waals surface area contributed by atoms with Crippen molar-refractivity contribution in [3.63, 3.8) is 0 Å². The number of rotatable bonds is 3. The molecule has 0 radical (unpaired) electrons. The molecular weight excluding hydrogens is 269 g/mol. The van der Waals surface area contributed by atoms with Crippen molar-refractivity contribution in [1.29, 1.82) is 0 Å². The highest BCUT2D eigenvalue weighted by molar-refractivity contribution is 9.10. The standard InChI is InChI=1S/C8H12BrN3O.ClH/c1-12-5-6(9)4-7(12)8(13)11-3-2-10;/h4-5H,2-3,10H2,1H3,(H,11,13);1H. The van der Waals surface area contributed by atoms with Crippen molar-refractivity contribution < 1.29 is 4.79 Å². The van der Waals surface area contributed by atoms with Gasteiger partial charge >= 0.3 is 0 Å². The molecule has 1 aromatic heterocycles. The van der Waals surface area contributed by atoms with Crippen LogP contribution in [0.25, 0.3) is 0 Å². The van der Waals surface area contributed by atoms with Crippen molar-refractivity contribution in [1.82, 2.24) is 9.88 Å². The van der Waals surface area contributed by atoms with Gasteiger partial charge in [-0.15, -0.1) is 12.4 Å². The summed E-state index contributed by atoms with van der Waals surface area (Å²) in [5.41, 5.74) is 5.89. The zero-order valence-corrected chi connectivity index (χ0v) is 10.2. The molecule has 4 nitrogen and oxygen atoms in total. The summed E-state index contributed by atoms with van der Waals surface area (Å²) < 4.78 is 2.66. The zero-order valence-electron chi connectivity index (χ0n) is 7.79. The van der Waals surface area contributed by atoms with E-state index in [1.165, 1.54) is 0 Å². The third kappa shape index (κ3) is 3.32. The molecule has 0 saturated heterocycles. The zero-order chi connectivity index (χ0) is 9.84. The summed E-state index contributed by atoms with van der Waals surface area (Å²) in [7, 11) is 1.82. The summed E-state index contributed by atoms with van der Waals surface area (Å²) in [6, 6.07) is 1.77. The molecule has 0 fully saturated rings. The van der Waals surface area contributed by atoms with Crippen LogP contribution in [-0.2, 0) is 7.05 Å². The molecule has 1 heterocycles. The largest absolute Gasteiger partial charge is 0.349 e. The number of aryl methyl sites for hydroxylation is 1. The van der Waals surface area contributed by atoms with Gasteiger partial charge in [-0.05, 0) is 22.0 Å².